The number of carbonyl (C=O) groups is 1. The number of hydrogen-bond acceptors (Lipinski definition) is 4. The standard InChI is InChI=1S/C8H13F3N2O5S/c9-8(10,11)6-13(5-7(14)15)19(16,17)12-1-3-18-4-2-12/h1-6H2,(H,14,15). The molecule has 7 nitrogen and oxygen atoms in total. The summed E-state index contributed by atoms with van der Waals surface area (Å²) in [5, 5.41) is 8.53. The van der Waals surface area contributed by atoms with Gasteiger partial charge < -0.3 is 9.84 Å². The second-order valence-electron chi connectivity index (χ2n) is 3.80. The number of carboxylic acids is 1. The number of aliphatic carboxylic acids is 1. The van der Waals surface area contributed by atoms with Crippen LogP contribution in [0.5, 0.6) is 0 Å². The number of carboxylic acid groups (broad SMARTS) is 1. The molecule has 0 radical (unpaired) electrons. The Morgan fingerprint density at radius 2 is 1.84 bits per heavy atom. The lowest BCUT2D eigenvalue weighted by atomic mass is 10.5. The molecule has 0 aromatic heterocycles. The Bertz CT molecular complexity index is 419. The molecule has 0 spiro atoms. The second-order valence-corrected chi connectivity index (χ2v) is 5.72. The van der Waals surface area contributed by atoms with E-state index in [1.54, 1.807) is 0 Å². The smallest absolute Gasteiger partial charge is 0.402 e. The van der Waals surface area contributed by atoms with Crippen molar-refractivity contribution in [2.75, 3.05) is 39.4 Å². The predicted molar refractivity (Wildman–Crippen MR) is 56.6 cm³/mol. The number of hydrogen-bond donors (Lipinski definition) is 1. The Labute approximate surface area is 107 Å². The molecule has 1 fully saturated rings. The van der Waals surface area contributed by atoms with Crippen LogP contribution in [0.15, 0.2) is 0 Å². The molecule has 1 saturated heterocycles. The molecule has 0 aliphatic carbocycles. The minimum atomic E-state index is -4.81. The monoisotopic (exact) mass is 306 g/mol. The van der Waals surface area contributed by atoms with Gasteiger partial charge in [-0.15, -0.1) is 0 Å². The maximum Gasteiger partial charge on any atom is 0.402 e. The van der Waals surface area contributed by atoms with E-state index in [1.165, 1.54) is 0 Å². The molecule has 1 heterocycles. The number of morpholine rings is 1. The molecule has 0 saturated carbocycles. The van der Waals surface area contributed by atoms with Crippen molar-refractivity contribution in [3.05, 3.63) is 0 Å². The van der Waals surface area contributed by atoms with Crippen LogP contribution in [-0.2, 0) is 19.7 Å². The molecule has 19 heavy (non-hydrogen) atoms. The molecular formula is C8H13F3N2O5S. The minimum absolute atomic E-state index is 0.0617. The number of rotatable bonds is 5. The first-order chi connectivity index (χ1) is 8.63. The van der Waals surface area contributed by atoms with Crippen molar-refractivity contribution in [3.8, 4) is 0 Å². The average Bonchev–Trinajstić information content (AvgIpc) is 2.27. The van der Waals surface area contributed by atoms with Crippen molar-refractivity contribution in [1.29, 1.82) is 0 Å². The SMILES string of the molecule is O=C(O)CN(CC(F)(F)F)S(=O)(=O)N1CCOCC1. The molecule has 0 amide bonds. The molecule has 1 rings (SSSR count). The zero-order valence-electron chi connectivity index (χ0n) is 9.76. The van der Waals surface area contributed by atoms with Gasteiger partial charge in [0.2, 0.25) is 0 Å². The van der Waals surface area contributed by atoms with Crippen LogP contribution < -0.4 is 0 Å². The summed E-state index contributed by atoms with van der Waals surface area (Å²) in [6.07, 6.45) is -4.81. The van der Waals surface area contributed by atoms with Crippen LogP contribution in [0.1, 0.15) is 0 Å². The fourth-order valence-electron chi connectivity index (χ4n) is 1.51. The normalized spacial score (nSPS) is 18.7. The highest BCUT2D eigenvalue weighted by Crippen LogP contribution is 2.20. The lowest BCUT2D eigenvalue weighted by Crippen LogP contribution is -2.52. The molecule has 1 N–H and O–H groups in total. The van der Waals surface area contributed by atoms with Crippen LogP contribution >= 0.6 is 0 Å². The van der Waals surface area contributed by atoms with Gasteiger partial charge in [0.1, 0.15) is 13.1 Å². The van der Waals surface area contributed by atoms with Crippen molar-refractivity contribution in [2.24, 2.45) is 0 Å². The highest BCUT2D eigenvalue weighted by molar-refractivity contribution is 7.86. The largest absolute Gasteiger partial charge is 0.480 e. The van der Waals surface area contributed by atoms with Crippen LogP contribution in [0.2, 0.25) is 0 Å². The van der Waals surface area contributed by atoms with Crippen LogP contribution in [0.25, 0.3) is 0 Å². The highest BCUT2D eigenvalue weighted by Gasteiger charge is 2.40. The summed E-state index contributed by atoms with van der Waals surface area (Å²) < 4.78 is 66.4. The van der Waals surface area contributed by atoms with E-state index in [0.717, 1.165) is 4.31 Å². The van der Waals surface area contributed by atoms with Gasteiger partial charge in [-0.1, -0.05) is 0 Å². The molecule has 112 valence electrons. The van der Waals surface area contributed by atoms with E-state index in [2.05, 4.69) is 0 Å². The fraction of sp³-hybridized carbons (Fsp3) is 0.875. The average molecular weight is 306 g/mol. The van der Waals surface area contributed by atoms with Crippen molar-refractivity contribution >= 4 is 16.2 Å². The topological polar surface area (TPSA) is 87.2 Å². The number of ether oxygens (including phenoxy) is 1. The van der Waals surface area contributed by atoms with E-state index in [4.69, 9.17) is 9.84 Å². The Hall–Kier alpha value is -0.910. The zero-order chi connectivity index (χ0) is 14.7. The molecule has 11 heteroatoms. The quantitative estimate of drug-likeness (QED) is 0.741. The van der Waals surface area contributed by atoms with Crippen molar-refractivity contribution in [1.82, 2.24) is 8.61 Å². The molecule has 0 unspecified atom stereocenters. The Balaban J connectivity index is 2.90. The van der Waals surface area contributed by atoms with Crippen LogP contribution in [0.3, 0.4) is 0 Å². The van der Waals surface area contributed by atoms with E-state index < -0.39 is 35.4 Å². The molecule has 0 aromatic rings. The molecule has 0 aromatic carbocycles. The van der Waals surface area contributed by atoms with E-state index >= 15 is 0 Å². The Morgan fingerprint density at radius 3 is 2.26 bits per heavy atom. The van der Waals surface area contributed by atoms with Gasteiger partial charge in [-0.2, -0.15) is 30.2 Å². The maximum absolute atomic E-state index is 12.3. The summed E-state index contributed by atoms with van der Waals surface area (Å²) in [7, 11) is -4.47. The third-order valence-corrected chi connectivity index (χ3v) is 4.22. The van der Waals surface area contributed by atoms with Crippen LogP contribution in [-0.4, -0.2) is 73.7 Å². The first-order valence-electron chi connectivity index (χ1n) is 5.24. The lowest BCUT2D eigenvalue weighted by Gasteiger charge is -2.31. The summed E-state index contributed by atoms with van der Waals surface area (Å²) >= 11 is 0. The third kappa shape index (κ3) is 4.93. The Kier molecular flexibility index (Phi) is 5.12. The summed E-state index contributed by atoms with van der Waals surface area (Å²) in [6, 6.07) is 0. The molecular weight excluding hydrogens is 293 g/mol. The van der Waals surface area contributed by atoms with Crippen LogP contribution in [0.4, 0.5) is 13.2 Å². The number of nitrogens with zero attached hydrogens (tertiary/aromatic N) is 2. The van der Waals surface area contributed by atoms with Crippen molar-refractivity contribution in [3.63, 3.8) is 0 Å². The molecule has 1 aliphatic heterocycles. The van der Waals surface area contributed by atoms with E-state index in [9.17, 15) is 26.4 Å². The van der Waals surface area contributed by atoms with E-state index in [1.807, 2.05) is 0 Å². The maximum atomic E-state index is 12.3. The van der Waals surface area contributed by atoms with Gasteiger partial charge in [-0.05, 0) is 0 Å². The Morgan fingerprint density at radius 1 is 1.32 bits per heavy atom. The van der Waals surface area contributed by atoms with Crippen molar-refractivity contribution in [2.45, 2.75) is 6.18 Å². The molecule has 0 atom stereocenters. The predicted octanol–water partition coefficient (Wildman–Crippen LogP) is -0.488. The van der Waals surface area contributed by atoms with Gasteiger partial charge in [0.05, 0.1) is 13.2 Å². The summed E-state index contributed by atoms with van der Waals surface area (Å²) in [5.41, 5.74) is 0. The highest BCUT2D eigenvalue weighted by atomic mass is 32.2. The first kappa shape index (κ1) is 16.1. The van der Waals surface area contributed by atoms with Crippen molar-refractivity contribution < 1.29 is 36.2 Å². The van der Waals surface area contributed by atoms with Gasteiger partial charge in [0, 0.05) is 13.1 Å². The van der Waals surface area contributed by atoms with E-state index in [0.29, 0.717) is 0 Å². The third-order valence-electron chi connectivity index (χ3n) is 2.29. The lowest BCUT2D eigenvalue weighted by molar-refractivity contribution is -0.146. The molecule has 1 aliphatic rings. The van der Waals surface area contributed by atoms with Gasteiger partial charge in [0.25, 0.3) is 10.2 Å². The summed E-state index contributed by atoms with van der Waals surface area (Å²) in [5.74, 6) is -1.65. The number of alkyl halides is 3. The van der Waals surface area contributed by atoms with Gasteiger partial charge in [-0.25, -0.2) is 0 Å². The fourth-order valence-corrected chi connectivity index (χ4v) is 3.03. The first-order valence-corrected chi connectivity index (χ1v) is 6.64. The van der Waals surface area contributed by atoms with Gasteiger partial charge in [-0.3, -0.25) is 4.79 Å². The van der Waals surface area contributed by atoms with Crippen LogP contribution in [0, 0.1) is 0 Å². The van der Waals surface area contributed by atoms with Gasteiger partial charge >= 0.3 is 12.1 Å². The summed E-state index contributed by atoms with van der Waals surface area (Å²) in [4.78, 5) is 10.5. The van der Waals surface area contributed by atoms with E-state index in [-0.39, 0.29) is 30.6 Å². The molecule has 0 bridgehead atoms. The minimum Gasteiger partial charge on any atom is -0.480 e. The number of halogens is 3. The zero-order valence-corrected chi connectivity index (χ0v) is 10.6. The second kappa shape index (κ2) is 6.03. The van der Waals surface area contributed by atoms with Gasteiger partial charge in [0.15, 0.2) is 0 Å². The summed E-state index contributed by atoms with van der Waals surface area (Å²) in [6.45, 7) is -3.15.